The Morgan fingerprint density at radius 1 is 0.885 bits per heavy atom. The van der Waals surface area contributed by atoms with Crippen molar-refractivity contribution in [3.05, 3.63) is 140 Å². The number of benzene rings is 4. The molecule has 4 heterocycles. The molecule has 4 aromatic carbocycles. The van der Waals surface area contributed by atoms with Crippen molar-refractivity contribution in [1.29, 1.82) is 0 Å². The molecule has 2 aliphatic heterocycles. The van der Waals surface area contributed by atoms with Crippen LogP contribution in [0.15, 0.2) is 96.4 Å². The zero-order chi connectivity index (χ0) is 43.4. The van der Waals surface area contributed by atoms with Crippen LogP contribution in [0.3, 0.4) is 0 Å². The number of hydrogen-bond donors (Lipinski definition) is 1. The fraction of sp³-hybridized carbons (Fsp3) is 0.356. The molecule has 0 saturated carbocycles. The van der Waals surface area contributed by atoms with Crippen molar-refractivity contribution in [3.8, 4) is 16.9 Å². The number of nitrogens with one attached hydrogen (secondary N) is 1. The maximum absolute atomic E-state index is 14.8. The van der Waals surface area contributed by atoms with Gasteiger partial charge >= 0.3 is 0 Å². The second-order valence-corrected chi connectivity index (χ2v) is 19.0. The number of carbonyl (C=O) groups is 1. The van der Waals surface area contributed by atoms with Crippen molar-refractivity contribution in [2.24, 2.45) is 0 Å². The Morgan fingerprint density at radius 2 is 1.52 bits per heavy atom. The third-order valence-corrected chi connectivity index (χ3v) is 14.4. The Balaban J connectivity index is 1.22. The molecule has 2 fully saturated rings. The molecule has 1 amide bonds. The van der Waals surface area contributed by atoms with E-state index in [0.29, 0.717) is 6.07 Å². The highest BCUT2D eigenvalue weighted by molar-refractivity contribution is 7.89. The number of carbonyl (C=O) groups excluding carboxylic acids is 1. The Labute approximate surface area is 353 Å². The van der Waals surface area contributed by atoms with Crippen LogP contribution in [-0.4, -0.2) is 78.3 Å². The first-order valence-corrected chi connectivity index (χ1v) is 21.9. The lowest BCUT2D eigenvalue weighted by molar-refractivity contribution is -0.396. The molecule has 0 spiro atoms. The minimum Gasteiger partial charge on any atom is -0.354 e. The molecule has 2 aliphatic rings. The number of aryl methyl sites for hydroxylation is 2. The summed E-state index contributed by atoms with van der Waals surface area (Å²) in [5.74, 6) is -0.399. The zero-order valence-corrected chi connectivity index (χ0v) is 35.6. The predicted octanol–water partition coefficient (Wildman–Crippen LogP) is 8.32. The van der Waals surface area contributed by atoms with Crippen LogP contribution in [0, 0.1) is 34.1 Å². The summed E-state index contributed by atoms with van der Waals surface area (Å²) in [6.07, 6.45) is 7.51. The lowest BCUT2D eigenvalue weighted by Gasteiger charge is -2.33. The van der Waals surface area contributed by atoms with Crippen molar-refractivity contribution in [3.63, 3.8) is 0 Å². The molecule has 6 aromatic rings. The molecule has 1 atom stereocenters. The highest BCUT2D eigenvalue weighted by atomic mass is 32.2. The first-order valence-electron chi connectivity index (χ1n) is 20.5. The van der Waals surface area contributed by atoms with Gasteiger partial charge in [0.2, 0.25) is 15.9 Å². The van der Waals surface area contributed by atoms with E-state index >= 15 is 0 Å². The fourth-order valence-corrected chi connectivity index (χ4v) is 11.1. The van der Waals surface area contributed by atoms with Gasteiger partial charge < -0.3 is 9.88 Å². The van der Waals surface area contributed by atoms with Crippen LogP contribution in [0.25, 0.3) is 27.8 Å². The topological polar surface area (TPSA) is 190 Å². The first-order chi connectivity index (χ1) is 29.0. The fourth-order valence-electron chi connectivity index (χ4n) is 9.40. The van der Waals surface area contributed by atoms with Gasteiger partial charge in [-0.25, -0.2) is 8.42 Å². The van der Waals surface area contributed by atoms with Crippen LogP contribution in [-0.2, 0) is 26.7 Å². The highest BCUT2D eigenvalue weighted by Crippen LogP contribution is 2.43. The Hall–Kier alpha value is -6.26. The van der Waals surface area contributed by atoms with Gasteiger partial charge in [0.1, 0.15) is 12.7 Å². The van der Waals surface area contributed by atoms with Crippen molar-refractivity contribution in [2.45, 2.75) is 95.0 Å². The van der Waals surface area contributed by atoms with E-state index in [9.17, 15) is 33.4 Å². The van der Waals surface area contributed by atoms with Gasteiger partial charge in [-0.1, -0.05) is 42.3 Å². The molecule has 2 aromatic heterocycles. The molecule has 0 aliphatic carbocycles. The number of H-pyrrole nitrogens is 1. The SMILES string of the molecule is Cc1cc(C)cc(-c2[nH]c3ccc(C(C)(C)C(=O)N4C5CCC4CC5)cc3c2[C@H](C)CN(CCc2ccc(-n3cnnc3)cc2)S(=O)(=O)c2ccc([N+](=O)[O-])cc2[N+](=O)[O-])c1. The smallest absolute Gasteiger partial charge is 0.296 e. The summed E-state index contributed by atoms with van der Waals surface area (Å²) in [7, 11) is -4.63. The van der Waals surface area contributed by atoms with Crippen LogP contribution < -0.4 is 0 Å². The number of nitro benzene ring substituents is 2. The summed E-state index contributed by atoms with van der Waals surface area (Å²) in [5, 5.41) is 32.5. The van der Waals surface area contributed by atoms with Crippen LogP contribution >= 0.6 is 0 Å². The average Bonchev–Trinajstić information content (AvgIpc) is 4.06. The van der Waals surface area contributed by atoms with E-state index in [0.717, 1.165) is 93.5 Å². The quantitative estimate of drug-likeness (QED) is 0.0830. The monoisotopic (exact) mass is 844 g/mol. The largest absolute Gasteiger partial charge is 0.354 e. The molecule has 316 valence electrons. The molecule has 0 radical (unpaired) electrons. The van der Waals surface area contributed by atoms with E-state index in [1.165, 1.54) is 4.31 Å². The number of non-ortho nitro benzene ring substituents is 1. The molecule has 0 unspecified atom stereocenters. The second kappa shape index (κ2) is 16.0. The van der Waals surface area contributed by atoms with Gasteiger partial charge in [0, 0.05) is 47.8 Å². The zero-order valence-electron chi connectivity index (χ0n) is 34.7. The number of aromatic amines is 1. The van der Waals surface area contributed by atoms with Gasteiger partial charge in [0.05, 0.1) is 27.0 Å². The number of nitrogens with zero attached hydrogens (tertiary/aromatic N) is 7. The Kier molecular flexibility index (Phi) is 10.9. The van der Waals surface area contributed by atoms with Crippen molar-refractivity contribution in [1.82, 2.24) is 29.0 Å². The lowest BCUT2D eigenvalue weighted by Crippen LogP contribution is -2.45. The molecule has 8 rings (SSSR count). The van der Waals surface area contributed by atoms with Gasteiger partial charge in [-0.3, -0.25) is 29.6 Å². The molecule has 61 heavy (non-hydrogen) atoms. The summed E-state index contributed by atoms with van der Waals surface area (Å²) >= 11 is 0. The summed E-state index contributed by atoms with van der Waals surface area (Å²) in [4.78, 5) is 41.7. The number of aromatic nitrogens is 4. The number of sulfonamides is 1. The van der Waals surface area contributed by atoms with E-state index in [1.54, 1.807) is 17.2 Å². The Morgan fingerprint density at radius 3 is 2.13 bits per heavy atom. The number of amides is 1. The lowest BCUT2D eigenvalue weighted by atomic mass is 9.81. The second-order valence-electron chi connectivity index (χ2n) is 17.1. The maximum Gasteiger partial charge on any atom is 0.296 e. The normalized spacial score (nSPS) is 17.0. The Bertz CT molecular complexity index is 2740. The van der Waals surface area contributed by atoms with Crippen molar-refractivity contribution < 1.29 is 23.1 Å². The standard InChI is InChI=1S/C45H48N8O7S/c1-28-20-29(2)22-32(21-28)43-42(38-23-33(8-16-39(38)48-43)45(4,5)44(54)51-35-11-12-36(51)14-13-35)30(3)25-50(19-18-31-6-9-34(10-7-31)49-26-46-47-27-49)61(59,60)41-17-15-37(52(55)56)24-40(41)53(57)58/h6-10,15-17,20-24,26-27,30,35-36,48H,11-14,18-19,25H2,1-5H3/t30-,35?,36?/m1/s1. The molecular formula is C45H48N8O7S. The number of hydrogen-bond acceptors (Lipinski definition) is 9. The van der Waals surface area contributed by atoms with Crippen molar-refractivity contribution in [2.75, 3.05) is 13.1 Å². The number of fused-ring (bicyclic) bond motifs is 3. The van der Waals surface area contributed by atoms with E-state index < -0.39 is 47.5 Å². The molecule has 16 heteroatoms. The summed E-state index contributed by atoms with van der Waals surface area (Å²) in [6, 6.07) is 22.9. The van der Waals surface area contributed by atoms with Gasteiger partial charge in [-0.15, -0.1) is 10.2 Å². The summed E-state index contributed by atoms with van der Waals surface area (Å²) < 4.78 is 32.6. The molecule has 1 N–H and O–H groups in total. The van der Waals surface area contributed by atoms with Gasteiger partial charge in [0.25, 0.3) is 11.4 Å². The van der Waals surface area contributed by atoms with Gasteiger partial charge in [0.15, 0.2) is 4.90 Å². The molecule has 15 nitrogen and oxygen atoms in total. The maximum atomic E-state index is 14.8. The van der Waals surface area contributed by atoms with Gasteiger partial charge in [-0.2, -0.15) is 4.31 Å². The minimum absolute atomic E-state index is 0.0566. The van der Waals surface area contributed by atoms with E-state index in [-0.39, 0.29) is 37.5 Å². The van der Waals surface area contributed by atoms with Crippen molar-refractivity contribution >= 4 is 38.2 Å². The summed E-state index contributed by atoms with van der Waals surface area (Å²) in [6.45, 7) is 9.76. The number of rotatable bonds is 14. The average molecular weight is 845 g/mol. The number of nitro groups is 2. The van der Waals surface area contributed by atoms with E-state index in [4.69, 9.17) is 0 Å². The molecule has 2 saturated heterocycles. The third-order valence-electron chi connectivity index (χ3n) is 12.5. The summed E-state index contributed by atoms with van der Waals surface area (Å²) in [5.41, 5.74) is 5.61. The molecule has 2 bridgehead atoms. The van der Waals surface area contributed by atoms with E-state index in [1.807, 2.05) is 71.0 Å². The van der Waals surface area contributed by atoms with Crippen LogP contribution in [0.5, 0.6) is 0 Å². The predicted molar refractivity (Wildman–Crippen MR) is 231 cm³/mol. The van der Waals surface area contributed by atoms with E-state index in [2.05, 4.69) is 44.3 Å². The molecular weight excluding hydrogens is 797 g/mol. The van der Waals surface area contributed by atoms with Crippen LogP contribution in [0.2, 0.25) is 0 Å². The first kappa shape index (κ1) is 41.5. The highest BCUT2D eigenvalue weighted by Gasteiger charge is 2.47. The van der Waals surface area contributed by atoms with Crippen LogP contribution in [0.1, 0.15) is 80.2 Å². The van der Waals surface area contributed by atoms with Gasteiger partial charge in [-0.05, 0) is 130 Å². The minimum atomic E-state index is -4.63. The third kappa shape index (κ3) is 7.81. The van der Waals surface area contributed by atoms with Crippen LogP contribution in [0.4, 0.5) is 11.4 Å².